The van der Waals surface area contributed by atoms with E-state index in [4.69, 9.17) is 4.74 Å². The summed E-state index contributed by atoms with van der Waals surface area (Å²) in [5, 5.41) is 3.79. The first-order valence-electron chi connectivity index (χ1n) is 11.3. The summed E-state index contributed by atoms with van der Waals surface area (Å²) in [6, 6.07) is 3.85. The fourth-order valence-electron chi connectivity index (χ4n) is 5.05. The Hall–Kier alpha value is -2.26. The number of aromatic nitrogens is 3. The van der Waals surface area contributed by atoms with Crippen molar-refractivity contribution in [3.05, 3.63) is 35.5 Å². The van der Waals surface area contributed by atoms with Crippen LogP contribution >= 0.6 is 0 Å². The zero-order valence-electron chi connectivity index (χ0n) is 17.7. The van der Waals surface area contributed by atoms with E-state index in [0.717, 1.165) is 44.7 Å². The van der Waals surface area contributed by atoms with Crippen LogP contribution in [0.3, 0.4) is 0 Å². The minimum absolute atomic E-state index is 0.00301. The van der Waals surface area contributed by atoms with Gasteiger partial charge in [0.15, 0.2) is 5.69 Å². The molecule has 5 rings (SSSR count). The predicted molar refractivity (Wildman–Crippen MR) is 113 cm³/mol. The number of fused-ring (bicyclic) bond motifs is 3. The molecular weight excluding hydrogens is 424 g/mol. The molecule has 1 saturated heterocycles. The molecule has 0 bridgehead atoms. The number of imidazole rings is 1. The van der Waals surface area contributed by atoms with Crippen LogP contribution in [-0.2, 0) is 17.5 Å². The third-order valence-corrected chi connectivity index (χ3v) is 6.59. The van der Waals surface area contributed by atoms with Crippen LogP contribution in [0.5, 0.6) is 0 Å². The minimum Gasteiger partial charge on any atom is -0.376 e. The summed E-state index contributed by atoms with van der Waals surface area (Å²) in [6.07, 6.45) is 1.00. The molecule has 1 N–H and O–H groups in total. The molecule has 2 aliphatic rings. The molecule has 1 atom stereocenters. The number of pyridine rings is 1. The maximum atomic E-state index is 14.0. The van der Waals surface area contributed by atoms with Gasteiger partial charge in [0.25, 0.3) is 0 Å². The highest BCUT2D eigenvalue weighted by atomic mass is 19.4. The molecule has 32 heavy (non-hydrogen) atoms. The van der Waals surface area contributed by atoms with Gasteiger partial charge in [0.1, 0.15) is 17.2 Å². The van der Waals surface area contributed by atoms with E-state index in [1.54, 1.807) is 0 Å². The highest BCUT2D eigenvalue weighted by molar-refractivity contribution is 6.03. The number of hydrogen-bond donors (Lipinski definition) is 1. The Labute approximate surface area is 183 Å². The lowest BCUT2D eigenvalue weighted by Gasteiger charge is -2.26. The highest BCUT2D eigenvalue weighted by Gasteiger charge is 2.38. The smallest absolute Gasteiger partial charge is 0.376 e. The van der Waals surface area contributed by atoms with Crippen molar-refractivity contribution in [1.29, 1.82) is 0 Å². The van der Waals surface area contributed by atoms with E-state index >= 15 is 0 Å². The van der Waals surface area contributed by atoms with Crippen LogP contribution in [0.4, 0.5) is 17.6 Å². The Morgan fingerprint density at radius 1 is 1.12 bits per heavy atom. The summed E-state index contributed by atoms with van der Waals surface area (Å²) < 4.78 is 63.5. The van der Waals surface area contributed by atoms with E-state index in [-0.39, 0.29) is 23.1 Å². The number of ether oxygens (including phenoxy) is 1. The molecule has 1 aromatic carbocycles. The van der Waals surface area contributed by atoms with Crippen LogP contribution in [0.15, 0.2) is 18.2 Å². The number of halogens is 4. The average molecular weight is 450 g/mol. The second-order valence-electron chi connectivity index (χ2n) is 8.76. The molecule has 9 heteroatoms. The van der Waals surface area contributed by atoms with Gasteiger partial charge in [-0.3, -0.25) is 0 Å². The average Bonchev–Trinajstić information content (AvgIpc) is 3.17. The van der Waals surface area contributed by atoms with Gasteiger partial charge in [-0.1, -0.05) is 19.3 Å². The molecule has 2 aromatic heterocycles. The van der Waals surface area contributed by atoms with Gasteiger partial charge in [-0.25, -0.2) is 14.4 Å². The van der Waals surface area contributed by atoms with Gasteiger partial charge in [-0.05, 0) is 31.4 Å². The molecular formula is C23H26F4N4O. The highest BCUT2D eigenvalue weighted by Crippen LogP contribution is 2.40. The number of benzene rings is 1. The van der Waals surface area contributed by atoms with Crippen molar-refractivity contribution in [2.24, 2.45) is 0 Å². The summed E-state index contributed by atoms with van der Waals surface area (Å²) in [5.74, 6) is 0.184. The summed E-state index contributed by atoms with van der Waals surface area (Å²) in [6.45, 7) is 2.62. The quantitative estimate of drug-likeness (QED) is 0.558. The monoisotopic (exact) mass is 450 g/mol. The third kappa shape index (κ3) is 4.08. The molecule has 172 valence electrons. The Morgan fingerprint density at radius 2 is 1.94 bits per heavy atom. The SMILES string of the molecule is Fc1ccc2c(c1)nc(C(F)(F)F)c1nc(C3CCCCC3)n(CCC3CNCCO3)c12. The number of aryl methyl sites for hydroxylation is 1. The summed E-state index contributed by atoms with van der Waals surface area (Å²) >= 11 is 0. The van der Waals surface area contributed by atoms with Crippen LogP contribution < -0.4 is 5.32 Å². The van der Waals surface area contributed by atoms with Crippen molar-refractivity contribution in [1.82, 2.24) is 19.9 Å². The lowest BCUT2D eigenvalue weighted by atomic mass is 9.88. The standard InChI is InChI=1S/C23H26F4N4O/c24-15-6-7-17-18(12-15)29-21(23(25,26)27)19-20(17)31(10-8-16-13-28-9-11-32-16)22(30-19)14-4-2-1-3-5-14/h6-7,12,14,16,28H,1-5,8-11,13H2. The number of hydrogen-bond acceptors (Lipinski definition) is 4. The number of nitrogens with one attached hydrogen (secondary N) is 1. The molecule has 1 saturated carbocycles. The van der Waals surface area contributed by atoms with E-state index in [1.165, 1.54) is 12.1 Å². The topological polar surface area (TPSA) is 52.0 Å². The Kier molecular flexibility index (Phi) is 5.79. The Morgan fingerprint density at radius 3 is 2.66 bits per heavy atom. The number of nitrogens with zero attached hydrogens (tertiary/aromatic N) is 3. The number of rotatable bonds is 4. The first kappa shape index (κ1) is 21.6. The van der Waals surface area contributed by atoms with Gasteiger partial charge in [0.2, 0.25) is 0 Å². The van der Waals surface area contributed by atoms with Gasteiger partial charge in [-0.15, -0.1) is 0 Å². The summed E-state index contributed by atoms with van der Waals surface area (Å²) in [4.78, 5) is 8.38. The van der Waals surface area contributed by atoms with Crippen molar-refractivity contribution in [3.63, 3.8) is 0 Å². The van der Waals surface area contributed by atoms with Crippen molar-refractivity contribution in [3.8, 4) is 0 Å². The molecule has 0 amide bonds. The zero-order valence-corrected chi connectivity index (χ0v) is 17.7. The Bertz CT molecular complexity index is 1110. The van der Waals surface area contributed by atoms with Crippen LogP contribution in [0.25, 0.3) is 21.9 Å². The van der Waals surface area contributed by atoms with Crippen molar-refractivity contribution in [2.45, 2.75) is 63.3 Å². The minimum atomic E-state index is -4.68. The maximum absolute atomic E-state index is 14.0. The first-order valence-corrected chi connectivity index (χ1v) is 11.3. The molecule has 1 aliphatic heterocycles. The van der Waals surface area contributed by atoms with Crippen LogP contribution in [0.2, 0.25) is 0 Å². The molecule has 2 fully saturated rings. The van der Waals surface area contributed by atoms with E-state index in [1.807, 2.05) is 4.57 Å². The van der Waals surface area contributed by atoms with Gasteiger partial charge in [-0.2, -0.15) is 13.2 Å². The normalized spacial score (nSPS) is 20.9. The van der Waals surface area contributed by atoms with Crippen molar-refractivity contribution < 1.29 is 22.3 Å². The van der Waals surface area contributed by atoms with Crippen LogP contribution in [0, 0.1) is 5.82 Å². The summed E-state index contributed by atoms with van der Waals surface area (Å²) in [5.41, 5.74) is -0.791. The predicted octanol–water partition coefficient (Wildman–Crippen LogP) is 5.17. The zero-order chi connectivity index (χ0) is 22.3. The Balaban J connectivity index is 1.70. The molecule has 1 unspecified atom stereocenters. The number of alkyl halides is 3. The van der Waals surface area contributed by atoms with Gasteiger partial charge in [0.05, 0.1) is 23.7 Å². The van der Waals surface area contributed by atoms with Crippen molar-refractivity contribution in [2.75, 3.05) is 19.7 Å². The van der Waals surface area contributed by atoms with E-state index in [9.17, 15) is 17.6 Å². The second-order valence-corrected chi connectivity index (χ2v) is 8.76. The molecule has 5 nitrogen and oxygen atoms in total. The third-order valence-electron chi connectivity index (χ3n) is 6.59. The van der Waals surface area contributed by atoms with Gasteiger partial charge >= 0.3 is 6.18 Å². The largest absolute Gasteiger partial charge is 0.435 e. The second kappa shape index (κ2) is 8.59. The number of morpholine rings is 1. The van der Waals surface area contributed by atoms with Gasteiger partial charge in [0, 0.05) is 37.0 Å². The fourth-order valence-corrected chi connectivity index (χ4v) is 5.05. The molecule has 3 heterocycles. The van der Waals surface area contributed by atoms with E-state index < -0.39 is 17.7 Å². The van der Waals surface area contributed by atoms with E-state index in [0.29, 0.717) is 42.8 Å². The van der Waals surface area contributed by atoms with Gasteiger partial charge < -0.3 is 14.6 Å². The van der Waals surface area contributed by atoms with E-state index in [2.05, 4.69) is 15.3 Å². The van der Waals surface area contributed by atoms with Crippen molar-refractivity contribution >= 4 is 21.9 Å². The molecule has 0 radical (unpaired) electrons. The first-order chi connectivity index (χ1) is 15.4. The lowest BCUT2D eigenvalue weighted by Crippen LogP contribution is -2.39. The van der Waals surface area contributed by atoms with Crippen LogP contribution in [0.1, 0.15) is 56.0 Å². The lowest BCUT2D eigenvalue weighted by molar-refractivity contribution is -0.139. The fraction of sp³-hybridized carbons (Fsp3) is 0.565. The van der Waals surface area contributed by atoms with Crippen LogP contribution in [-0.4, -0.2) is 40.3 Å². The summed E-state index contributed by atoms with van der Waals surface area (Å²) in [7, 11) is 0. The maximum Gasteiger partial charge on any atom is 0.435 e. The molecule has 0 spiro atoms. The molecule has 1 aliphatic carbocycles. The molecule has 3 aromatic rings.